The Morgan fingerprint density at radius 1 is 0.743 bits per heavy atom. The summed E-state index contributed by atoms with van der Waals surface area (Å²) in [6, 6.07) is 25.5. The van der Waals surface area contributed by atoms with Gasteiger partial charge in [-0.25, -0.2) is 0 Å². The first-order chi connectivity index (χ1) is 16.8. The molecular formula is C30H33N3O2. The minimum atomic E-state index is -0.254. The summed E-state index contributed by atoms with van der Waals surface area (Å²) in [5.41, 5.74) is 5.18. The number of rotatable bonds is 10. The monoisotopic (exact) mass is 467 g/mol. The van der Waals surface area contributed by atoms with Crippen molar-refractivity contribution in [2.75, 3.05) is 49.9 Å². The average Bonchev–Trinajstić information content (AvgIpc) is 2.87. The third kappa shape index (κ3) is 7.64. The fourth-order valence-corrected chi connectivity index (χ4v) is 3.37. The minimum absolute atomic E-state index is 0.0669. The summed E-state index contributed by atoms with van der Waals surface area (Å²) in [4.78, 5) is 17.1. The number of hydrogen-bond donors (Lipinski definition) is 2. The Morgan fingerprint density at radius 3 is 1.71 bits per heavy atom. The normalized spacial score (nSPS) is 12.0. The van der Waals surface area contributed by atoms with Gasteiger partial charge in [-0.2, -0.15) is 0 Å². The number of allylic oxidation sites excluding steroid dienone is 2. The Bertz CT molecular complexity index is 1190. The van der Waals surface area contributed by atoms with Gasteiger partial charge < -0.3 is 20.2 Å². The van der Waals surface area contributed by atoms with Gasteiger partial charge in [-0.3, -0.25) is 4.79 Å². The van der Waals surface area contributed by atoms with Crippen LogP contribution in [0.4, 0.5) is 17.1 Å². The smallest absolute Gasteiger partial charge is 0.187 e. The van der Waals surface area contributed by atoms with E-state index in [1.165, 1.54) is 6.08 Å². The zero-order valence-corrected chi connectivity index (χ0v) is 20.8. The zero-order valence-electron chi connectivity index (χ0n) is 20.8. The van der Waals surface area contributed by atoms with Crippen molar-refractivity contribution in [1.29, 1.82) is 0 Å². The molecule has 5 nitrogen and oxygen atoms in total. The highest BCUT2D eigenvalue weighted by Gasteiger charge is 2.12. The second-order valence-electron chi connectivity index (χ2n) is 8.59. The maximum Gasteiger partial charge on any atom is 0.187 e. The molecule has 0 aliphatic heterocycles. The van der Waals surface area contributed by atoms with E-state index in [1.807, 2.05) is 117 Å². The number of aliphatic hydroxyl groups is 1. The largest absolute Gasteiger partial charge is 0.507 e. The number of nitrogens with zero attached hydrogens (tertiary/aromatic N) is 2. The van der Waals surface area contributed by atoms with Gasteiger partial charge in [0.1, 0.15) is 5.76 Å². The summed E-state index contributed by atoms with van der Waals surface area (Å²) in [7, 11) is 7.94. The molecule has 3 aromatic rings. The van der Waals surface area contributed by atoms with Gasteiger partial charge in [0.25, 0.3) is 0 Å². The first kappa shape index (κ1) is 25.4. The van der Waals surface area contributed by atoms with Crippen LogP contribution in [0.1, 0.15) is 11.1 Å². The molecule has 3 aromatic carbocycles. The SMILES string of the molecule is CN(C)c1ccc(/C=C/C(=O)/C(CNc2ccccc2)=C(O)/C=C/c2ccc(N(C)C)cc2)cc1. The van der Waals surface area contributed by atoms with Gasteiger partial charge >= 0.3 is 0 Å². The van der Waals surface area contributed by atoms with Gasteiger partial charge in [0, 0.05) is 51.8 Å². The number of anilines is 3. The quantitative estimate of drug-likeness (QED) is 0.216. The highest BCUT2D eigenvalue weighted by atomic mass is 16.3. The van der Waals surface area contributed by atoms with Gasteiger partial charge in [-0.1, -0.05) is 54.6 Å². The van der Waals surface area contributed by atoms with E-state index in [1.54, 1.807) is 18.2 Å². The molecule has 0 amide bonds. The van der Waals surface area contributed by atoms with Crippen LogP contribution in [0, 0.1) is 0 Å². The lowest BCUT2D eigenvalue weighted by Gasteiger charge is -2.12. The van der Waals surface area contributed by atoms with Crippen molar-refractivity contribution >= 4 is 35.0 Å². The third-order valence-corrected chi connectivity index (χ3v) is 5.53. The van der Waals surface area contributed by atoms with Crippen molar-refractivity contribution in [2.45, 2.75) is 0 Å². The molecule has 5 heteroatoms. The van der Waals surface area contributed by atoms with Gasteiger partial charge in [0.2, 0.25) is 0 Å². The molecule has 0 atom stereocenters. The van der Waals surface area contributed by atoms with E-state index in [0.717, 1.165) is 28.2 Å². The molecule has 0 heterocycles. The number of para-hydroxylation sites is 1. The molecule has 35 heavy (non-hydrogen) atoms. The molecule has 0 saturated heterocycles. The number of aliphatic hydroxyl groups excluding tert-OH is 1. The Morgan fingerprint density at radius 2 is 1.23 bits per heavy atom. The average molecular weight is 468 g/mol. The molecule has 0 radical (unpaired) electrons. The van der Waals surface area contributed by atoms with Crippen LogP contribution in [0.5, 0.6) is 0 Å². The van der Waals surface area contributed by atoms with Crippen molar-refractivity contribution < 1.29 is 9.90 Å². The Hall–Kier alpha value is -4.25. The first-order valence-corrected chi connectivity index (χ1v) is 11.5. The van der Waals surface area contributed by atoms with Crippen LogP contribution in [-0.2, 0) is 4.79 Å². The van der Waals surface area contributed by atoms with Crippen molar-refractivity contribution in [2.24, 2.45) is 0 Å². The number of carbonyl (C=O) groups is 1. The summed E-state index contributed by atoms with van der Waals surface area (Å²) in [5.74, 6) is -0.321. The second kappa shape index (κ2) is 12.3. The molecule has 0 aliphatic carbocycles. The second-order valence-corrected chi connectivity index (χ2v) is 8.59. The van der Waals surface area contributed by atoms with E-state index >= 15 is 0 Å². The van der Waals surface area contributed by atoms with Gasteiger partial charge in [0.15, 0.2) is 5.78 Å². The maximum atomic E-state index is 13.1. The Balaban J connectivity index is 1.82. The van der Waals surface area contributed by atoms with E-state index < -0.39 is 0 Å². The minimum Gasteiger partial charge on any atom is -0.507 e. The molecule has 0 unspecified atom stereocenters. The summed E-state index contributed by atoms with van der Waals surface area (Å²) in [6.45, 7) is 0.197. The lowest BCUT2D eigenvalue weighted by Crippen LogP contribution is -2.13. The van der Waals surface area contributed by atoms with E-state index in [4.69, 9.17) is 0 Å². The molecule has 180 valence electrons. The lowest BCUT2D eigenvalue weighted by atomic mass is 10.1. The van der Waals surface area contributed by atoms with Crippen molar-refractivity contribution in [3.63, 3.8) is 0 Å². The topological polar surface area (TPSA) is 55.8 Å². The van der Waals surface area contributed by atoms with Crippen molar-refractivity contribution in [1.82, 2.24) is 0 Å². The molecule has 0 fully saturated rings. The highest BCUT2D eigenvalue weighted by Crippen LogP contribution is 2.17. The molecular weight excluding hydrogens is 434 g/mol. The molecule has 0 aromatic heterocycles. The predicted molar refractivity (Wildman–Crippen MR) is 149 cm³/mol. The molecule has 2 N–H and O–H groups in total. The van der Waals surface area contributed by atoms with E-state index in [-0.39, 0.29) is 23.7 Å². The Kier molecular flexibility index (Phi) is 8.90. The molecule has 0 bridgehead atoms. The van der Waals surface area contributed by atoms with Crippen LogP contribution < -0.4 is 15.1 Å². The van der Waals surface area contributed by atoms with Crippen LogP contribution in [0.3, 0.4) is 0 Å². The van der Waals surface area contributed by atoms with E-state index in [9.17, 15) is 9.90 Å². The summed E-state index contributed by atoms with van der Waals surface area (Å²) >= 11 is 0. The number of nitrogens with one attached hydrogen (secondary N) is 1. The van der Waals surface area contributed by atoms with Crippen LogP contribution in [-0.4, -0.2) is 45.6 Å². The molecule has 0 aliphatic rings. The van der Waals surface area contributed by atoms with Crippen molar-refractivity contribution in [3.8, 4) is 0 Å². The standard InChI is InChI=1S/C30H33N3O2/c1-32(2)26-16-10-23(11-17-26)14-20-29(34)28(22-31-25-8-6-5-7-9-25)30(35)21-15-24-12-18-27(19-13-24)33(3)4/h5-21,31,34H,22H2,1-4H3/b20-14+,21-15+,29-28-. The fourth-order valence-electron chi connectivity index (χ4n) is 3.37. The number of carbonyl (C=O) groups excluding carboxylic acids is 1. The number of hydrogen-bond acceptors (Lipinski definition) is 5. The number of benzene rings is 3. The first-order valence-electron chi connectivity index (χ1n) is 11.5. The van der Waals surface area contributed by atoms with Crippen LogP contribution >= 0.6 is 0 Å². The van der Waals surface area contributed by atoms with Crippen LogP contribution in [0.2, 0.25) is 0 Å². The maximum absolute atomic E-state index is 13.1. The predicted octanol–water partition coefficient (Wildman–Crippen LogP) is 6.04. The van der Waals surface area contributed by atoms with Crippen LogP contribution in [0.25, 0.3) is 12.2 Å². The van der Waals surface area contributed by atoms with Gasteiger partial charge in [-0.05, 0) is 59.7 Å². The lowest BCUT2D eigenvalue weighted by molar-refractivity contribution is -0.111. The van der Waals surface area contributed by atoms with Crippen LogP contribution in [0.15, 0.2) is 102 Å². The molecule has 3 rings (SSSR count). The third-order valence-electron chi connectivity index (χ3n) is 5.53. The van der Waals surface area contributed by atoms with Gasteiger partial charge in [0.05, 0.1) is 5.57 Å². The summed E-state index contributed by atoms with van der Waals surface area (Å²) < 4.78 is 0. The highest BCUT2D eigenvalue weighted by molar-refractivity contribution is 6.07. The van der Waals surface area contributed by atoms with E-state index in [0.29, 0.717) is 0 Å². The fraction of sp³-hybridized carbons (Fsp3) is 0.167. The summed E-state index contributed by atoms with van der Waals surface area (Å²) in [5, 5.41) is 14.1. The molecule has 0 spiro atoms. The molecule has 0 saturated carbocycles. The number of ketones is 1. The zero-order chi connectivity index (χ0) is 25.2. The van der Waals surface area contributed by atoms with Gasteiger partial charge in [-0.15, -0.1) is 0 Å². The van der Waals surface area contributed by atoms with Crippen molar-refractivity contribution in [3.05, 3.63) is 113 Å². The Labute approximate surface area is 208 Å². The summed E-state index contributed by atoms with van der Waals surface area (Å²) in [6.07, 6.45) is 6.64. The van der Waals surface area contributed by atoms with E-state index in [2.05, 4.69) is 5.32 Å².